The van der Waals surface area contributed by atoms with E-state index in [1.54, 1.807) is 0 Å². The average molecular weight is 632 g/mol. The van der Waals surface area contributed by atoms with Crippen LogP contribution in [0.1, 0.15) is 68.4 Å². The Morgan fingerprint density at radius 1 is 0.469 bits per heavy atom. The molecular weight excluding hydrogens is 591 g/mol. The first-order chi connectivity index (χ1) is 23.8. The van der Waals surface area contributed by atoms with Crippen molar-refractivity contribution in [2.75, 3.05) is 4.90 Å². The zero-order valence-corrected chi connectivity index (χ0v) is 28.8. The molecule has 0 radical (unpaired) electrons. The van der Waals surface area contributed by atoms with Gasteiger partial charge >= 0.3 is 0 Å². The number of allylic oxidation sites excluding steroid dienone is 4. The zero-order valence-electron chi connectivity index (χ0n) is 28.8. The quantitative estimate of drug-likeness (QED) is 0.183. The molecule has 0 unspecified atom stereocenters. The van der Waals surface area contributed by atoms with Crippen molar-refractivity contribution in [3.63, 3.8) is 0 Å². The van der Waals surface area contributed by atoms with Crippen LogP contribution in [0.15, 0.2) is 152 Å². The fourth-order valence-corrected chi connectivity index (χ4v) is 8.81. The van der Waals surface area contributed by atoms with E-state index in [0.717, 1.165) is 12.8 Å². The van der Waals surface area contributed by atoms with E-state index in [9.17, 15) is 0 Å². The largest absolute Gasteiger partial charge is 0.310 e. The molecule has 0 amide bonds. The Labute approximate surface area is 290 Å². The molecule has 49 heavy (non-hydrogen) atoms. The van der Waals surface area contributed by atoms with Crippen LogP contribution in [0.5, 0.6) is 0 Å². The molecule has 0 aliphatic heterocycles. The van der Waals surface area contributed by atoms with Crippen molar-refractivity contribution in [3.05, 3.63) is 180 Å². The summed E-state index contributed by atoms with van der Waals surface area (Å²) in [4.78, 5) is 2.52. The third-order valence-corrected chi connectivity index (χ3v) is 11.3. The molecule has 0 spiro atoms. The normalized spacial score (nSPS) is 16.0. The van der Waals surface area contributed by atoms with Crippen molar-refractivity contribution < 1.29 is 0 Å². The molecule has 0 N–H and O–H groups in total. The van der Waals surface area contributed by atoms with Crippen LogP contribution in [-0.4, -0.2) is 0 Å². The molecular formula is C48H41N. The summed E-state index contributed by atoms with van der Waals surface area (Å²) >= 11 is 0. The van der Waals surface area contributed by atoms with Gasteiger partial charge in [-0.2, -0.15) is 0 Å². The van der Waals surface area contributed by atoms with E-state index in [1.807, 2.05) is 0 Å². The summed E-state index contributed by atoms with van der Waals surface area (Å²) in [6, 6.07) is 50.0. The van der Waals surface area contributed by atoms with Crippen LogP contribution >= 0.6 is 0 Å². The second-order valence-electron chi connectivity index (χ2n) is 14.8. The Kier molecular flexibility index (Phi) is 6.71. The van der Waals surface area contributed by atoms with Gasteiger partial charge in [0.1, 0.15) is 0 Å². The van der Waals surface area contributed by atoms with Gasteiger partial charge in [-0.3, -0.25) is 0 Å². The van der Waals surface area contributed by atoms with Crippen molar-refractivity contribution in [1.82, 2.24) is 0 Å². The molecule has 0 fully saturated rings. The molecule has 3 aliphatic rings. The molecule has 3 aliphatic carbocycles. The molecule has 6 aromatic carbocycles. The highest BCUT2D eigenvalue weighted by atomic mass is 15.1. The number of rotatable bonds is 5. The SMILES string of the molecule is CC1(C)c2ccccc2-c2cc(N(c3ccc4c(c3)-c3ccccc3C4(C)C)c3cccc(C4=CCCC=C4)c3-c3ccccc3)ccc21. The lowest BCUT2D eigenvalue weighted by Gasteiger charge is -2.31. The number of fused-ring (bicyclic) bond motifs is 6. The molecule has 0 atom stereocenters. The maximum atomic E-state index is 2.52. The fourth-order valence-electron chi connectivity index (χ4n) is 8.81. The Morgan fingerprint density at radius 2 is 1.00 bits per heavy atom. The summed E-state index contributed by atoms with van der Waals surface area (Å²) in [5.74, 6) is 0. The van der Waals surface area contributed by atoms with Crippen molar-refractivity contribution in [1.29, 1.82) is 0 Å². The standard InChI is InChI=1S/C48H41N/c1-47(2)41-23-13-11-20-37(41)39-30-34(26-28-43(39)47)49(35-27-29-44-40(31-35)38-21-12-14-24-42(38)48(44,3)4)45-25-15-22-36(32-16-7-5-8-17-32)46(45)33-18-9-6-10-19-33/h6-7,9-31H,5,8H2,1-4H3. The van der Waals surface area contributed by atoms with Crippen LogP contribution in [0, 0.1) is 0 Å². The summed E-state index contributed by atoms with van der Waals surface area (Å²) in [6.07, 6.45) is 9.18. The second-order valence-corrected chi connectivity index (χ2v) is 14.8. The predicted molar refractivity (Wildman–Crippen MR) is 208 cm³/mol. The molecule has 1 heteroatoms. The summed E-state index contributed by atoms with van der Waals surface area (Å²) in [5.41, 5.74) is 19.3. The van der Waals surface area contributed by atoms with Gasteiger partial charge in [0.05, 0.1) is 5.69 Å². The molecule has 1 nitrogen and oxygen atoms in total. The minimum Gasteiger partial charge on any atom is -0.310 e. The number of benzene rings is 6. The van der Waals surface area contributed by atoms with E-state index in [1.165, 1.54) is 83.8 Å². The first-order valence-corrected chi connectivity index (χ1v) is 17.7. The van der Waals surface area contributed by atoms with Crippen molar-refractivity contribution in [3.8, 4) is 33.4 Å². The molecule has 6 aromatic rings. The molecule has 9 rings (SSSR count). The summed E-state index contributed by atoms with van der Waals surface area (Å²) in [7, 11) is 0. The Balaban J connectivity index is 1.33. The van der Waals surface area contributed by atoms with Gasteiger partial charge in [0, 0.05) is 27.8 Å². The van der Waals surface area contributed by atoms with Crippen LogP contribution < -0.4 is 4.90 Å². The highest BCUT2D eigenvalue weighted by Gasteiger charge is 2.37. The van der Waals surface area contributed by atoms with E-state index in [-0.39, 0.29) is 10.8 Å². The van der Waals surface area contributed by atoms with Gasteiger partial charge in [0.15, 0.2) is 0 Å². The Morgan fingerprint density at radius 3 is 1.57 bits per heavy atom. The van der Waals surface area contributed by atoms with Crippen molar-refractivity contribution >= 4 is 22.6 Å². The predicted octanol–water partition coefficient (Wildman–Crippen LogP) is 13.2. The highest BCUT2D eigenvalue weighted by Crippen LogP contribution is 2.54. The highest BCUT2D eigenvalue weighted by molar-refractivity contribution is 5.98. The summed E-state index contributed by atoms with van der Waals surface area (Å²) < 4.78 is 0. The van der Waals surface area contributed by atoms with Crippen LogP contribution in [0.2, 0.25) is 0 Å². The van der Waals surface area contributed by atoms with Gasteiger partial charge in [-0.25, -0.2) is 0 Å². The van der Waals surface area contributed by atoms with Gasteiger partial charge in [-0.05, 0) is 104 Å². The number of anilines is 3. The second kappa shape index (κ2) is 11.1. The van der Waals surface area contributed by atoms with Gasteiger partial charge in [0.25, 0.3) is 0 Å². The lowest BCUT2D eigenvalue weighted by Crippen LogP contribution is -2.16. The van der Waals surface area contributed by atoms with E-state index in [0.29, 0.717) is 0 Å². The monoisotopic (exact) mass is 631 g/mol. The third-order valence-electron chi connectivity index (χ3n) is 11.3. The van der Waals surface area contributed by atoms with Gasteiger partial charge < -0.3 is 4.90 Å². The lowest BCUT2D eigenvalue weighted by atomic mass is 9.82. The minimum absolute atomic E-state index is 0.0486. The first kappa shape index (κ1) is 29.7. The number of nitrogens with zero attached hydrogens (tertiary/aromatic N) is 1. The third kappa shape index (κ3) is 4.52. The van der Waals surface area contributed by atoms with Crippen molar-refractivity contribution in [2.24, 2.45) is 0 Å². The summed E-state index contributed by atoms with van der Waals surface area (Å²) in [6.45, 7) is 9.43. The molecule has 0 heterocycles. The fraction of sp³-hybridized carbons (Fsp3) is 0.167. The molecule has 0 aromatic heterocycles. The topological polar surface area (TPSA) is 3.24 Å². The van der Waals surface area contributed by atoms with Gasteiger partial charge in [-0.15, -0.1) is 0 Å². The van der Waals surface area contributed by atoms with Gasteiger partial charge in [0.2, 0.25) is 0 Å². The minimum atomic E-state index is -0.0486. The van der Waals surface area contributed by atoms with E-state index in [4.69, 9.17) is 0 Å². The van der Waals surface area contributed by atoms with E-state index >= 15 is 0 Å². The van der Waals surface area contributed by atoms with Crippen LogP contribution in [0.3, 0.4) is 0 Å². The first-order valence-electron chi connectivity index (χ1n) is 17.7. The van der Waals surface area contributed by atoms with Gasteiger partial charge in [-0.1, -0.05) is 149 Å². The molecule has 238 valence electrons. The zero-order chi connectivity index (χ0) is 33.3. The molecule has 0 bridgehead atoms. The molecule has 0 saturated heterocycles. The maximum absolute atomic E-state index is 2.52. The Bertz CT molecular complexity index is 2220. The lowest BCUT2D eigenvalue weighted by molar-refractivity contribution is 0.660. The van der Waals surface area contributed by atoms with Crippen LogP contribution in [-0.2, 0) is 10.8 Å². The van der Waals surface area contributed by atoms with Crippen LogP contribution in [0.4, 0.5) is 17.1 Å². The summed E-state index contributed by atoms with van der Waals surface area (Å²) in [5, 5.41) is 0. The smallest absolute Gasteiger partial charge is 0.0546 e. The van der Waals surface area contributed by atoms with Crippen LogP contribution in [0.25, 0.3) is 39.0 Å². The van der Waals surface area contributed by atoms with Crippen molar-refractivity contribution in [2.45, 2.75) is 51.4 Å². The maximum Gasteiger partial charge on any atom is 0.0546 e. The Hall–Kier alpha value is -5.40. The van der Waals surface area contributed by atoms with E-state index < -0.39 is 0 Å². The average Bonchev–Trinajstić information content (AvgIpc) is 3.51. The van der Waals surface area contributed by atoms with E-state index in [2.05, 4.69) is 184 Å². The number of hydrogen-bond acceptors (Lipinski definition) is 1. The number of hydrogen-bond donors (Lipinski definition) is 0. The molecule has 0 saturated carbocycles.